The van der Waals surface area contributed by atoms with Gasteiger partial charge in [0.2, 0.25) is 0 Å². The number of hydrogen-bond acceptors (Lipinski definition) is 1. The number of furan rings is 1. The van der Waals surface area contributed by atoms with Crippen LogP contribution in [0.3, 0.4) is 0 Å². The number of fused-ring (bicyclic) bond motifs is 7. The topological polar surface area (TPSA) is 18.1 Å². The van der Waals surface area contributed by atoms with E-state index in [4.69, 9.17) is 7.16 Å². The number of hydrogen-bond donors (Lipinski definition) is 0. The Bertz CT molecular complexity index is 3500. The molecule has 0 saturated heterocycles. The fourth-order valence-electron chi connectivity index (χ4n) is 7.51. The minimum atomic E-state index is -0.302. The van der Waals surface area contributed by atoms with Gasteiger partial charge in [0, 0.05) is 27.2 Å². The first-order chi connectivity index (χ1) is 27.2. The number of para-hydroxylation sites is 2. The number of rotatable bonds is 3. The van der Waals surface area contributed by atoms with E-state index in [1.165, 1.54) is 0 Å². The summed E-state index contributed by atoms with van der Waals surface area (Å²) < 4.78 is 82.8. The van der Waals surface area contributed by atoms with Crippen LogP contribution in [-0.4, -0.2) is 4.57 Å². The molecule has 0 unspecified atom stereocenters. The average molecular weight is 618 g/mol. The van der Waals surface area contributed by atoms with E-state index in [2.05, 4.69) is 34.9 Å². The van der Waals surface area contributed by atoms with Gasteiger partial charge in [-0.1, -0.05) is 127 Å². The zero-order valence-corrected chi connectivity index (χ0v) is 25.3. The Labute approximate surface area is 287 Å². The fraction of sp³-hybridized carbons (Fsp3) is 0. The van der Waals surface area contributed by atoms with Crippen LogP contribution in [0.15, 0.2) is 168 Å². The zero-order chi connectivity index (χ0) is 38.3. The third-order valence-electron chi connectivity index (χ3n) is 9.64. The predicted molar refractivity (Wildman–Crippen MR) is 203 cm³/mol. The molecule has 0 amide bonds. The predicted octanol–water partition coefficient (Wildman–Crippen LogP) is 12.9. The molecule has 0 radical (unpaired) electrons. The minimum absolute atomic E-state index is 0.0202. The van der Waals surface area contributed by atoms with Crippen LogP contribution in [0.2, 0.25) is 0 Å². The van der Waals surface area contributed by atoms with Crippen LogP contribution in [0.25, 0.3) is 104 Å². The Morgan fingerprint density at radius 3 is 1.83 bits per heavy atom. The maximum Gasteiger partial charge on any atom is 0.160 e. The number of benzene rings is 9. The van der Waals surface area contributed by atoms with Gasteiger partial charge in [0.25, 0.3) is 0 Å². The van der Waals surface area contributed by atoms with Gasteiger partial charge >= 0.3 is 0 Å². The van der Waals surface area contributed by atoms with Crippen LogP contribution >= 0.6 is 0 Å². The SMILES string of the molecule is [2H]c1c([2H])c2c([2H])c([2H])c3c(-c4ccc5oc6c(ccc7c8ccccc8n(-c8ccccc8)c76)c5c4)c([2H])c([2H])c4c([2H])c([2H])c(c1-c1ccccc1)c2c43. The second kappa shape index (κ2) is 9.57. The van der Waals surface area contributed by atoms with Crippen LogP contribution in [0.1, 0.15) is 11.0 Å². The molecule has 0 aliphatic heterocycles. The second-order valence-corrected chi connectivity index (χ2v) is 12.2. The number of aromatic nitrogens is 1. The van der Waals surface area contributed by atoms with Crippen molar-refractivity contribution in [1.82, 2.24) is 4.57 Å². The van der Waals surface area contributed by atoms with E-state index in [1.807, 2.05) is 54.6 Å². The summed E-state index contributed by atoms with van der Waals surface area (Å²) in [5.41, 5.74) is 5.91. The normalized spacial score (nSPS) is 14.5. The van der Waals surface area contributed by atoms with Crippen LogP contribution in [0.5, 0.6) is 0 Å². The molecule has 0 aliphatic rings. The molecule has 0 saturated carbocycles. The summed E-state index contributed by atoms with van der Waals surface area (Å²) in [6, 6.07) is 35.0. The first-order valence-corrected chi connectivity index (χ1v) is 15.9. The molecule has 0 aliphatic carbocycles. The van der Waals surface area contributed by atoms with Crippen molar-refractivity contribution in [3.8, 4) is 27.9 Å². The van der Waals surface area contributed by atoms with Crippen molar-refractivity contribution in [2.75, 3.05) is 0 Å². The summed E-state index contributed by atoms with van der Waals surface area (Å²) in [5.74, 6) is 0. The van der Waals surface area contributed by atoms with Crippen molar-refractivity contribution < 1.29 is 15.4 Å². The van der Waals surface area contributed by atoms with Gasteiger partial charge in [0.05, 0.1) is 22.0 Å². The first kappa shape index (κ1) is 19.3. The molecule has 2 nitrogen and oxygen atoms in total. The molecule has 0 spiro atoms. The zero-order valence-electron chi connectivity index (χ0n) is 33.3. The molecule has 9 aromatic carbocycles. The second-order valence-electron chi connectivity index (χ2n) is 12.2. The Morgan fingerprint density at radius 2 is 1.08 bits per heavy atom. The maximum atomic E-state index is 9.41. The van der Waals surface area contributed by atoms with Gasteiger partial charge in [0.1, 0.15) is 5.58 Å². The third kappa shape index (κ3) is 3.46. The molecular weight excluding hydrogens is 583 g/mol. The van der Waals surface area contributed by atoms with Gasteiger partial charge in [-0.15, -0.1) is 0 Å². The van der Waals surface area contributed by atoms with Crippen molar-refractivity contribution in [3.63, 3.8) is 0 Å². The molecule has 222 valence electrons. The summed E-state index contributed by atoms with van der Waals surface area (Å²) in [7, 11) is 0. The molecule has 11 aromatic rings. The van der Waals surface area contributed by atoms with Crippen molar-refractivity contribution in [1.29, 1.82) is 0 Å². The molecule has 0 N–H and O–H groups in total. The first-order valence-electron chi connectivity index (χ1n) is 19.9. The van der Waals surface area contributed by atoms with Gasteiger partial charge < -0.3 is 8.98 Å². The Kier molecular flexibility index (Phi) is 3.85. The highest BCUT2D eigenvalue weighted by atomic mass is 16.3. The van der Waals surface area contributed by atoms with Crippen molar-refractivity contribution in [2.45, 2.75) is 0 Å². The van der Waals surface area contributed by atoms with Crippen LogP contribution in [0, 0.1) is 0 Å². The van der Waals surface area contributed by atoms with Gasteiger partial charge in [-0.25, -0.2) is 0 Å². The highest BCUT2D eigenvalue weighted by Gasteiger charge is 2.20. The monoisotopic (exact) mass is 617 g/mol. The summed E-state index contributed by atoms with van der Waals surface area (Å²) in [6.07, 6.45) is 0. The Hall–Kier alpha value is -6.38. The highest BCUT2D eigenvalue weighted by molar-refractivity contribution is 6.28. The molecule has 0 fully saturated rings. The summed E-state index contributed by atoms with van der Waals surface area (Å²) in [5, 5.41) is 4.79. The van der Waals surface area contributed by atoms with Crippen LogP contribution in [0.4, 0.5) is 0 Å². The van der Waals surface area contributed by atoms with E-state index in [0.29, 0.717) is 22.3 Å². The molecule has 48 heavy (non-hydrogen) atoms. The molecular formula is C46H27NO. The minimum Gasteiger partial charge on any atom is -0.454 e. The van der Waals surface area contributed by atoms with E-state index in [0.717, 1.165) is 38.3 Å². The lowest BCUT2D eigenvalue weighted by Gasteiger charge is -2.16. The summed E-state index contributed by atoms with van der Waals surface area (Å²) in [4.78, 5) is 0. The van der Waals surface area contributed by atoms with E-state index < -0.39 is 0 Å². The largest absolute Gasteiger partial charge is 0.454 e. The lowest BCUT2D eigenvalue weighted by molar-refractivity contribution is 0.671. The van der Waals surface area contributed by atoms with Gasteiger partial charge in [-0.2, -0.15) is 0 Å². The van der Waals surface area contributed by atoms with Gasteiger partial charge in [0.15, 0.2) is 5.58 Å². The van der Waals surface area contributed by atoms with Crippen LogP contribution in [-0.2, 0) is 0 Å². The molecule has 0 bridgehead atoms. The van der Waals surface area contributed by atoms with E-state index >= 15 is 0 Å². The average Bonchev–Trinajstić information content (AvgIpc) is 3.77. The maximum absolute atomic E-state index is 9.41. The molecule has 2 aromatic heterocycles. The molecule has 2 heteroatoms. The lowest BCUT2D eigenvalue weighted by atomic mass is 9.87. The summed E-state index contributed by atoms with van der Waals surface area (Å²) in [6.45, 7) is 0. The van der Waals surface area contributed by atoms with Crippen molar-refractivity contribution in [3.05, 3.63) is 164 Å². The lowest BCUT2D eigenvalue weighted by Crippen LogP contribution is -1.93. The smallest absolute Gasteiger partial charge is 0.160 e. The van der Waals surface area contributed by atoms with Gasteiger partial charge in [-0.3, -0.25) is 0 Å². The van der Waals surface area contributed by atoms with E-state index in [9.17, 15) is 8.22 Å². The molecule has 11 rings (SSSR count). The van der Waals surface area contributed by atoms with E-state index in [-0.39, 0.29) is 91.8 Å². The Morgan fingerprint density at radius 1 is 0.458 bits per heavy atom. The standard InChI is InChI=1S/C46H27NO/c1-3-9-28(10-4-1)33-20-15-29-18-23-37-34(21-16-30-17-22-36(33)43(29)44(30)37)31-19-26-42-40(27-31)39-25-24-38-35-13-7-8-14-41(35)47(45(38)46(39)48-42)32-11-5-2-6-12-32/h1-27H/i15D,16D,17D,18D,20D,21D,22D,23D. The highest BCUT2D eigenvalue weighted by Crippen LogP contribution is 2.44. The number of nitrogens with zero attached hydrogens (tertiary/aromatic N) is 1. The fourth-order valence-corrected chi connectivity index (χ4v) is 7.51. The van der Waals surface area contributed by atoms with Crippen molar-refractivity contribution in [2.24, 2.45) is 0 Å². The molecule has 2 heterocycles. The Balaban J connectivity index is 1.27. The van der Waals surface area contributed by atoms with Crippen molar-refractivity contribution >= 4 is 76.1 Å². The third-order valence-corrected chi connectivity index (χ3v) is 9.64. The van der Waals surface area contributed by atoms with E-state index in [1.54, 1.807) is 30.3 Å². The van der Waals surface area contributed by atoms with Gasteiger partial charge in [-0.05, 0) is 91.0 Å². The van der Waals surface area contributed by atoms with Crippen LogP contribution < -0.4 is 0 Å². The quantitative estimate of drug-likeness (QED) is 0.180. The summed E-state index contributed by atoms with van der Waals surface area (Å²) >= 11 is 0. The molecule has 0 atom stereocenters.